The van der Waals surface area contributed by atoms with Gasteiger partial charge in [0.1, 0.15) is 0 Å². The molecule has 0 unspecified atom stereocenters. The van der Waals surface area contributed by atoms with Crippen LogP contribution in [0.3, 0.4) is 0 Å². The Bertz CT molecular complexity index is 741. The van der Waals surface area contributed by atoms with Crippen molar-refractivity contribution in [1.82, 2.24) is 0 Å². The molecule has 0 fully saturated rings. The predicted octanol–water partition coefficient (Wildman–Crippen LogP) is 4.58. The van der Waals surface area contributed by atoms with E-state index in [-0.39, 0.29) is 0 Å². The van der Waals surface area contributed by atoms with Crippen LogP contribution in [-0.2, 0) is 0 Å². The van der Waals surface area contributed by atoms with Crippen LogP contribution in [0.5, 0.6) is 0 Å². The lowest BCUT2D eigenvalue weighted by molar-refractivity contribution is 1.34. The van der Waals surface area contributed by atoms with E-state index in [2.05, 4.69) is 21.1 Å². The van der Waals surface area contributed by atoms with Crippen molar-refractivity contribution in [3.05, 3.63) is 96.1 Å². The lowest BCUT2D eigenvalue weighted by Gasteiger charge is -2.02. The van der Waals surface area contributed by atoms with Crippen LogP contribution in [0.25, 0.3) is 0 Å². The first kappa shape index (κ1) is 15.5. The number of hydrogen-bond donors (Lipinski definition) is 2. The van der Waals surface area contributed by atoms with Gasteiger partial charge in [-0.25, -0.2) is 0 Å². The van der Waals surface area contributed by atoms with E-state index in [1.165, 1.54) is 0 Å². The van der Waals surface area contributed by atoms with Gasteiger partial charge in [0.15, 0.2) is 0 Å². The molecule has 0 aromatic heterocycles. The molecule has 4 heteroatoms. The topological polar surface area (TPSA) is 48.8 Å². The molecule has 0 saturated carbocycles. The van der Waals surface area contributed by atoms with Crippen molar-refractivity contribution >= 4 is 23.8 Å². The number of nitrogens with one attached hydrogen (secondary N) is 2. The SMILES string of the molecule is C(=N/Nc1ccccc1)/c1ccccc1/C=N\Nc1ccccc1. The first-order valence-corrected chi connectivity index (χ1v) is 7.69. The van der Waals surface area contributed by atoms with Crippen molar-refractivity contribution in [1.29, 1.82) is 0 Å². The molecule has 24 heavy (non-hydrogen) atoms. The van der Waals surface area contributed by atoms with E-state index >= 15 is 0 Å². The second-order valence-electron chi connectivity index (χ2n) is 5.10. The number of nitrogens with zero attached hydrogens (tertiary/aromatic N) is 2. The minimum absolute atomic E-state index is 0.950. The van der Waals surface area contributed by atoms with Crippen LogP contribution in [0.2, 0.25) is 0 Å². The molecule has 0 bridgehead atoms. The molecule has 0 aliphatic carbocycles. The number of hydrazone groups is 2. The molecule has 2 N–H and O–H groups in total. The molecule has 0 heterocycles. The zero-order valence-electron chi connectivity index (χ0n) is 13.1. The summed E-state index contributed by atoms with van der Waals surface area (Å²) in [4.78, 5) is 0. The van der Waals surface area contributed by atoms with Gasteiger partial charge in [0.05, 0.1) is 23.8 Å². The summed E-state index contributed by atoms with van der Waals surface area (Å²) in [5.41, 5.74) is 9.89. The summed E-state index contributed by atoms with van der Waals surface area (Å²) in [6.45, 7) is 0. The maximum atomic E-state index is 4.28. The lowest BCUT2D eigenvalue weighted by atomic mass is 10.1. The summed E-state index contributed by atoms with van der Waals surface area (Å²) in [6, 6.07) is 27.6. The van der Waals surface area contributed by atoms with E-state index in [1.807, 2.05) is 84.9 Å². The minimum Gasteiger partial charge on any atom is -0.279 e. The molecule has 0 radical (unpaired) electrons. The number of anilines is 2. The molecule has 0 spiro atoms. The van der Waals surface area contributed by atoms with Crippen LogP contribution in [-0.4, -0.2) is 12.4 Å². The van der Waals surface area contributed by atoms with E-state index in [4.69, 9.17) is 0 Å². The standard InChI is InChI=1S/C20H18N4/c1-3-11-19(12-4-1)23-21-15-17-9-7-8-10-18(17)16-22-24-20-13-5-2-6-14-20/h1-16,23-24H/b21-15-,22-16-. The molecule has 0 saturated heterocycles. The molecule has 0 amide bonds. The van der Waals surface area contributed by atoms with Gasteiger partial charge in [-0.05, 0) is 24.3 Å². The van der Waals surface area contributed by atoms with E-state index in [0.717, 1.165) is 22.5 Å². The molecule has 3 aromatic carbocycles. The monoisotopic (exact) mass is 314 g/mol. The Kier molecular flexibility index (Phi) is 5.35. The van der Waals surface area contributed by atoms with E-state index < -0.39 is 0 Å². The van der Waals surface area contributed by atoms with Crippen LogP contribution in [0, 0.1) is 0 Å². The summed E-state index contributed by atoms with van der Waals surface area (Å²) in [5.74, 6) is 0. The zero-order chi connectivity index (χ0) is 16.5. The highest BCUT2D eigenvalue weighted by Gasteiger charge is 1.96. The third kappa shape index (κ3) is 4.55. The summed E-state index contributed by atoms with van der Waals surface area (Å²) in [6.07, 6.45) is 3.58. The normalized spacial score (nSPS) is 11.0. The quantitative estimate of drug-likeness (QED) is 0.517. The Morgan fingerprint density at radius 2 is 0.875 bits per heavy atom. The first-order valence-electron chi connectivity index (χ1n) is 7.69. The molecular weight excluding hydrogens is 296 g/mol. The van der Waals surface area contributed by atoms with Gasteiger partial charge in [0, 0.05) is 11.1 Å². The second-order valence-corrected chi connectivity index (χ2v) is 5.10. The predicted molar refractivity (Wildman–Crippen MR) is 102 cm³/mol. The van der Waals surface area contributed by atoms with Crippen molar-refractivity contribution in [2.75, 3.05) is 10.9 Å². The fourth-order valence-corrected chi connectivity index (χ4v) is 2.12. The molecular formula is C20H18N4. The highest BCUT2D eigenvalue weighted by Crippen LogP contribution is 2.08. The molecule has 3 rings (SSSR count). The number of para-hydroxylation sites is 2. The highest BCUT2D eigenvalue weighted by atomic mass is 15.3. The zero-order valence-corrected chi connectivity index (χ0v) is 13.1. The van der Waals surface area contributed by atoms with Gasteiger partial charge in [0.25, 0.3) is 0 Å². The van der Waals surface area contributed by atoms with Crippen molar-refractivity contribution in [3.63, 3.8) is 0 Å². The van der Waals surface area contributed by atoms with Crippen LogP contribution < -0.4 is 10.9 Å². The van der Waals surface area contributed by atoms with Crippen molar-refractivity contribution in [3.8, 4) is 0 Å². The highest BCUT2D eigenvalue weighted by molar-refractivity contribution is 5.94. The first-order chi connectivity index (χ1) is 11.9. The van der Waals surface area contributed by atoms with Gasteiger partial charge in [-0.15, -0.1) is 0 Å². The Hall–Kier alpha value is -3.40. The fourth-order valence-electron chi connectivity index (χ4n) is 2.12. The number of benzene rings is 3. The Labute approximate surface area is 141 Å². The van der Waals surface area contributed by atoms with Crippen LogP contribution in [0.1, 0.15) is 11.1 Å². The maximum absolute atomic E-state index is 4.28. The van der Waals surface area contributed by atoms with Gasteiger partial charge in [0.2, 0.25) is 0 Å². The smallest absolute Gasteiger partial charge is 0.0561 e. The van der Waals surface area contributed by atoms with Crippen LogP contribution in [0.15, 0.2) is 95.1 Å². The lowest BCUT2D eigenvalue weighted by Crippen LogP contribution is -1.96. The molecule has 4 nitrogen and oxygen atoms in total. The van der Waals surface area contributed by atoms with E-state index in [9.17, 15) is 0 Å². The number of hydrogen-bond acceptors (Lipinski definition) is 4. The van der Waals surface area contributed by atoms with Gasteiger partial charge in [-0.2, -0.15) is 10.2 Å². The van der Waals surface area contributed by atoms with Gasteiger partial charge >= 0.3 is 0 Å². The maximum Gasteiger partial charge on any atom is 0.0561 e. The summed E-state index contributed by atoms with van der Waals surface area (Å²) in [5, 5.41) is 8.56. The summed E-state index contributed by atoms with van der Waals surface area (Å²) < 4.78 is 0. The van der Waals surface area contributed by atoms with Crippen molar-refractivity contribution in [2.45, 2.75) is 0 Å². The van der Waals surface area contributed by atoms with Crippen molar-refractivity contribution in [2.24, 2.45) is 10.2 Å². The average molecular weight is 314 g/mol. The van der Waals surface area contributed by atoms with Crippen LogP contribution in [0.4, 0.5) is 11.4 Å². The average Bonchev–Trinajstić information content (AvgIpc) is 2.65. The van der Waals surface area contributed by atoms with E-state index in [1.54, 1.807) is 12.4 Å². The largest absolute Gasteiger partial charge is 0.279 e. The molecule has 0 aliphatic heterocycles. The Balaban J connectivity index is 1.66. The van der Waals surface area contributed by atoms with Gasteiger partial charge in [-0.3, -0.25) is 10.9 Å². The molecule has 0 atom stereocenters. The van der Waals surface area contributed by atoms with Crippen LogP contribution >= 0.6 is 0 Å². The third-order valence-electron chi connectivity index (χ3n) is 3.34. The Morgan fingerprint density at radius 1 is 0.500 bits per heavy atom. The summed E-state index contributed by atoms with van der Waals surface area (Å²) >= 11 is 0. The fraction of sp³-hybridized carbons (Fsp3) is 0. The molecule has 118 valence electrons. The Morgan fingerprint density at radius 3 is 1.29 bits per heavy atom. The van der Waals surface area contributed by atoms with E-state index in [0.29, 0.717) is 0 Å². The number of rotatable bonds is 6. The van der Waals surface area contributed by atoms with Crippen molar-refractivity contribution < 1.29 is 0 Å². The molecule has 3 aromatic rings. The second kappa shape index (κ2) is 8.29. The van der Waals surface area contributed by atoms with Gasteiger partial charge < -0.3 is 0 Å². The van der Waals surface area contributed by atoms with Gasteiger partial charge in [-0.1, -0.05) is 60.7 Å². The molecule has 0 aliphatic rings. The minimum atomic E-state index is 0.950. The summed E-state index contributed by atoms with van der Waals surface area (Å²) in [7, 11) is 0. The third-order valence-corrected chi connectivity index (χ3v) is 3.34.